The second kappa shape index (κ2) is 5.15. The number of nitrogens with zero attached hydrogens (tertiary/aromatic N) is 2. The van der Waals surface area contributed by atoms with Crippen molar-refractivity contribution in [3.63, 3.8) is 0 Å². The quantitative estimate of drug-likeness (QED) is 0.817. The lowest BCUT2D eigenvalue weighted by molar-refractivity contribution is 0.807. The summed E-state index contributed by atoms with van der Waals surface area (Å²) in [6.45, 7) is 2.12. The molecule has 0 spiro atoms. The molecule has 0 amide bonds. The van der Waals surface area contributed by atoms with Crippen LogP contribution in [0.1, 0.15) is 24.6 Å². The van der Waals surface area contributed by atoms with Gasteiger partial charge in [0.05, 0.1) is 5.69 Å². The highest BCUT2D eigenvalue weighted by molar-refractivity contribution is 6.33. The van der Waals surface area contributed by atoms with Crippen LogP contribution in [0.4, 0.5) is 0 Å². The number of nitrogens with two attached hydrogens (primary N) is 1. The molecule has 1 aliphatic rings. The molecule has 1 aliphatic heterocycles. The molecule has 3 nitrogen and oxygen atoms in total. The summed E-state index contributed by atoms with van der Waals surface area (Å²) in [6, 6.07) is 3.91. The normalized spacial score (nSPS) is 20.2. The highest BCUT2D eigenvalue weighted by Crippen LogP contribution is 2.31. The highest BCUT2D eigenvalue weighted by Gasteiger charge is 2.15. The zero-order valence-electron chi connectivity index (χ0n) is 9.60. The summed E-state index contributed by atoms with van der Waals surface area (Å²) in [4.78, 5) is 8.40. The Kier molecular flexibility index (Phi) is 3.59. The van der Waals surface area contributed by atoms with E-state index in [1.165, 1.54) is 6.20 Å². The predicted octanol–water partition coefficient (Wildman–Crippen LogP) is 3.03. The molecule has 2 heterocycles. The summed E-state index contributed by atoms with van der Waals surface area (Å²) in [5.74, 6) is 0.411. The van der Waals surface area contributed by atoms with Crippen molar-refractivity contribution < 1.29 is 0 Å². The molecule has 88 valence electrons. The van der Waals surface area contributed by atoms with E-state index in [-0.39, 0.29) is 0 Å². The molecule has 1 aromatic rings. The van der Waals surface area contributed by atoms with E-state index in [0.29, 0.717) is 11.1 Å². The molecule has 0 aromatic carbocycles. The SMILES string of the molecule is CC1C=NC(Cl)=C(c2ccnc(C=CN)c2)C1. The average Bonchev–Trinajstić information content (AvgIpc) is 2.33. The van der Waals surface area contributed by atoms with Gasteiger partial charge in [0.15, 0.2) is 0 Å². The third-order valence-electron chi connectivity index (χ3n) is 2.61. The van der Waals surface area contributed by atoms with Crippen LogP contribution in [0.3, 0.4) is 0 Å². The molecule has 1 aromatic heterocycles. The number of hydrogen-bond donors (Lipinski definition) is 1. The van der Waals surface area contributed by atoms with Crippen molar-refractivity contribution in [2.24, 2.45) is 16.6 Å². The van der Waals surface area contributed by atoms with E-state index in [2.05, 4.69) is 16.9 Å². The Morgan fingerprint density at radius 1 is 1.53 bits per heavy atom. The van der Waals surface area contributed by atoms with Crippen molar-refractivity contribution in [3.05, 3.63) is 40.9 Å². The summed E-state index contributed by atoms with van der Waals surface area (Å²) in [5, 5.41) is 0.567. The van der Waals surface area contributed by atoms with E-state index in [0.717, 1.165) is 23.3 Å². The lowest BCUT2D eigenvalue weighted by Gasteiger charge is -2.16. The van der Waals surface area contributed by atoms with Gasteiger partial charge < -0.3 is 5.73 Å². The number of halogens is 1. The van der Waals surface area contributed by atoms with Crippen LogP contribution in [0.2, 0.25) is 0 Å². The number of hydrogen-bond acceptors (Lipinski definition) is 3. The molecular weight excluding hydrogens is 234 g/mol. The monoisotopic (exact) mass is 247 g/mol. The first kappa shape index (κ1) is 11.9. The summed E-state index contributed by atoms with van der Waals surface area (Å²) >= 11 is 6.13. The Hall–Kier alpha value is -1.61. The number of aromatic nitrogens is 1. The van der Waals surface area contributed by atoms with Crippen LogP contribution in [0.25, 0.3) is 11.6 Å². The largest absolute Gasteiger partial charge is 0.405 e. The van der Waals surface area contributed by atoms with Gasteiger partial charge in [0.2, 0.25) is 0 Å². The highest BCUT2D eigenvalue weighted by atomic mass is 35.5. The van der Waals surface area contributed by atoms with Gasteiger partial charge in [0, 0.05) is 12.4 Å². The number of rotatable bonds is 2. The Labute approximate surface area is 106 Å². The van der Waals surface area contributed by atoms with Crippen LogP contribution >= 0.6 is 11.6 Å². The lowest BCUT2D eigenvalue weighted by atomic mass is 9.95. The van der Waals surface area contributed by atoms with Crippen LogP contribution in [0.15, 0.2) is 34.7 Å². The van der Waals surface area contributed by atoms with Crippen molar-refractivity contribution in [1.29, 1.82) is 0 Å². The van der Waals surface area contributed by atoms with Gasteiger partial charge in [-0.2, -0.15) is 0 Å². The van der Waals surface area contributed by atoms with E-state index >= 15 is 0 Å². The molecule has 0 aliphatic carbocycles. The van der Waals surface area contributed by atoms with Crippen molar-refractivity contribution >= 4 is 29.5 Å². The van der Waals surface area contributed by atoms with Gasteiger partial charge in [0.25, 0.3) is 0 Å². The minimum atomic E-state index is 0.411. The van der Waals surface area contributed by atoms with Gasteiger partial charge in [-0.25, -0.2) is 4.99 Å². The molecule has 0 radical (unpaired) electrons. The van der Waals surface area contributed by atoms with Crippen molar-refractivity contribution in [3.8, 4) is 0 Å². The smallest absolute Gasteiger partial charge is 0.132 e. The molecule has 0 fully saturated rings. The fourth-order valence-electron chi connectivity index (χ4n) is 1.79. The van der Waals surface area contributed by atoms with Crippen LogP contribution < -0.4 is 5.73 Å². The molecule has 1 unspecified atom stereocenters. The number of aliphatic imine (C=N–C) groups is 1. The molecule has 17 heavy (non-hydrogen) atoms. The van der Waals surface area contributed by atoms with Gasteiger partial charge in [-0.3, -0.25) is 4.98 Å². The molecule has 2 rings (SSSR count). The van der Waals surface area contributed by atoms with Gasteiger partial charge in [-0.1, -0.05) is 18.5 Å². The summed E-state index contributed by atoms with van der Waals surface area (Å²) in [5.41, 5.74) is 8.30. The van der Waals surface area contributed by atoms with Crippen molar-refractivity contribution in [2.45, 2.75) is 13.3 Å². The fourth-order valence-corrected chi connectivity index (χ4v) is 2.03. The summed E-state index contributed by atoms with van der Waals surface area (Å²) in [7, 11) is 0. The zero-order chi connectivity index (χ0) is 12.3. The van der Waals surface area contributed by atoms with Gasteiger partial charge in [-0.05, 0) is 47.9 Å². The fraction of sp³-hybridized carbons (Fsp3) is 0.231. The third kappa shape index (κ3) is 2.74. The topological polar surface area (TPSA) is 51.3 Å². The first-order chi connectivity index (χ1) is 8.20. The predicted molar refractivity (Wildman–Crippen MR) is 72.5 cm³/mol. The van der Waals surface area contributed by atoms with Crippen molar-refractivity contribution in [2.75, 3.05) is 0 Å². The Bertz CT molecular complexity index is 503. The van der Waals surface area contributed by atoms with Gasteiger partial charge in [0.1, 0.15) is 5.16 Å². The summed E-state index contributed by atoms with van der Waals surface area (Å²) < 4.78 is 0. The van der Waals surface area contributed by atoms with E-state index < -0.39 is 0 Å². The third-order valence-corrected chi connectivity index (χ3v) is 2.94. The van der Waals surface area contributed by atoms with Gasteiger partial charge >= 0.3 is 0 Å². The second-order valence-electron chi connectivity index (χ2n) is 4.06. The Morgan fingerprint density at radius 3 is 3.12 bits per heavy atom. The van der Waals surface area contributed by atoms with Crippen LogP contribution in [0.5, 0.6) is 0 Å². The standard InChI is InChI=1S/C13H14ClN3/c1-9-6-12(13(14)17-8-9)10-3-5-16-11(7-10)2-4-15/h2-5,7-9H,6,15H2,1H3. The first-order valence-corrected chi connectivity index (χ1v) is 5.86. The molecule has 2 N–H and O–H groups in total. The summed E-state index contributed by atoms with van der Waals surface area (Å²) in [6.07, 6.45) is 7.77. The Morgan fingerprint density at radius 2 is 2.35 bits per heavy atom. The van der Waals surface area contributed by atoms with Crippen LogP contribution in [0, 0.1) is 5.92 Å². The van der Waals surface area contributed by atoms with Crippen LogP contribution in [-0.4, -0.2) is 11.2 Å². The second-order valence-corrected chi connectivity index (χ2v) is 4.42. The molecule has 0 bridgehead atoms. The lowest BCUT2D eigenvalue weighted by Crippen LogP contribution is -2.04. The van der Waals surface area contributed by atoms with Crippen LogP contribution in [-0.2, 0) is 0 Å². The van der Waals surface area contributed by atoms with E-state index in [1.807, 2.05) is 18.3 Å². The average molecular weight is 248 g/mol. The minimum Gasteiger partial charge on any atom is -0.405 e. The molecule has 4 heteroatoms. The van der Waals surface area contributed by atoms with E-state index in [9.17, 15) is 0 Å². The zero-order valence-corrected chi connectivity index (χ0v) is 10.4. The molecular formula is C13H14ClN3. The molecule has 0 saturated carbocycles. The molecule has 0 saturated heterocycles. The number of pyridine rings is 1. The minimum absolute atomic E-state index is 0.411. The van der Waals surface area contributed by atoms with E-state index in [1.54, 1.807) is 12.3 Å². The maximum atomic E-state index is 6.13. The van der Waals surface area contributed by atoms with E-state index in [4.69, 9.17) is 17.3 Å². The maximum absolute atomic E-state index is 6.13. The van der Waals surface area contributed by atoms with Gasteiger partial charge in [-0.15, -0.1) is 0 Å². The maximum Gasteiger partial charge on any atom is 0.132 e. The molecule has 1 atom stereocenters. The first-order valence-electron chi connectivity index (χ1n) is 5.48. The Balaban J connectivity index is 2.40. The van der Waals surface area contributed by atoms with Crippen molar-refractivity contribution in [1.82, 2.24) is 4.98 Å². The number of allylic oxidation sites excluding steroid dienone is 1.